The zero-order chi connectivity index (χ0) is 15.1. The fraction of sp³-hybridized carbons (Fsp3) is 1.00. The Bertz CT molecular complexity index is 271. The monoisotopic (exact) mass is 294 g/mol. The van der Waals surface area contributed by atoms with Crippen LogP contribution in [0.15, 0.2) is 0 Å². The van der Waals surface area contributed by atoms with E-state index in [9.17, 15) is 0 Å². The Balaban J connectivity index is 1.64. The number of likely N-dealkylation sites (tertiary alicyclic amines) is 1. The van der Waals surface area contributed by atoms with Gasteiger partial charge in [-0.3, -0.25) is 0 Å². The van der Waals surface area contributed by atoms with Gasteiger partial charge in [-0.25, -0.2) is 0 Å². The zero-order valence-electron chi connectivity index (χ0n) is 14.6. The first kappa shape index (κ1) is 17.3. The Morgan fingerprint density at radius 1 is 0.952 bits per heavy atom. The highest BCUT2D eigenvalue weighted by atomic mass is 15.1. The normalized spacial score (nSPS) is 24.6. The minimum Gasteiger partial charge on any atom is -0.330 e. The summed E-state index contributed by atoms with van der Waals surface area (Å²) in [6.45, 7) is 9.62. The maximum absolute atomic E-state index is 5.75. The molecule has 1 saturated carbocycles. The third kappa shape index (κ3) is 5.25. The van der Waals surface area contributed by atoms with E-state index in [0.29, 0.717) is 0 Å². The lowest BCUT2D eigenvalue weighted by Crippen LogP contribution is -2.41. The van der Waals surface area contributed by atoms with Gasteiger partial charge in [-0.2, -0.15) is 0 Å². The van der Waals surface area contributed by atoms with E-state index in [2.05, 4.69) is 18.7 Å². The molecular formula is C19H38N2. The molecule has 0 aromatic carbocycles. The molecule has 0 radical (unpaired) electrons. The molecule has 0 aromatic heterocycles. The summed E-state index contributed by atoms with van der Waals surface area (Å²) in [6, 6.07) is 0. The quantitative estimate of drug-likeness (QED) is 0.752. The molecule has 1 heterocycles. The second kappa shape index (κ2) is 8.53. The second-order valence-corrected chi connectivity index (χ2v) is 8.13. The van der Waals surface area contributed by atoms with Crippen molar-refractivity contribution in [2.45, 2.75) is 78.1 Å². The van der Waals surface area contributed by atoms with Crippen LogP contribution in [0.4, 0.5) is 0 Å². The summed E-state index contributed by atoms with van der Waals surface area (Å²) in [4.78, 5) is 2.74. The largest absolute Gasteiger partial charge is 0.330 e. The summed E-state index contributed by atoms with van der Waals surface area (Å²) < 4.78 is 0. The van der Waals surface area contributed by atoms with Crippen LogP contribution in [0.1, 0.15) is 78.1 Å². The molecule has 1 spiro atoms. The molecule has 124 valence electrons. The maximum atomic E-state index is 5.75. The van der Waals surface area contributed by atoms with Gasteiger partial charge in [-0.1, -0.05) is 33.1 Å². The molecular weight excluding hydrogens is 256 g/mol. The van der Waals surface area contributed by atoms with E-state index in [4.69, 9.17) is 5.73 Å². The van der Waals surface area contributed by atoms with Gasteiger partial charge in [0.1, 0.15) is 0 Å². The van der Waals surface area contributed by atoms with Crippen molar-refractivity contribution in [1.29, 1.82) is 0 Å². The number of hydrogen-bond donors (Lipinski definition) is 1. The first-order valence-corrected chi connectivity index (χ1v) is 9.58. The van der Waals surface area contributed by atoms with Crippen molar-refractivity contribution < 1.29 is 0 Å². The van der Waals surface area contributed by atoms with Crippen molar-refractivity contribution >= 4 is 0 Å². The lowest BCUT2D eigenvalue weighted by atomic mass is 9.68. The molecule has 1 atom stereocenters. The van der Waals surface area contributed by atoms with Crippen molar-refractivity contribution in [3.63, 3.8) is 0 Å². The van der Waals surface area contributed by atoms with E-state index in [0.717, 1.165) is 23.8 Å². The topological polar surface area (TPSA) is 29.3 Å². The lowest BCUT2D eigenvalue weighted by Gasteiger charge is -2.44. The van der Waals surface area contributed by atoms with Crippen LogP contribution in [-0.2, 0) is 0 Å². The van der Waals surface area contributed by atoms with Gasteiger partial charge >= 0.3 is 0 Å². The van der Waals surface area contributed by atoms with Crippen LogP contribution in [0.5, 0.6) is 0 Å². The summed E-state index contributed by atoms with van der Waals surface area (Å²) in [7, 11) is 0. The summed E-state index contributed by atoms with van der Waals surface area (Å²) in [5.41, 5.74) is 6.51. The molecule has 2 nitrogen and oxygen atoms in total. The van der Waals surface area contributed by atoms with Crippen LogP contribution in [-0.4, -0.2) is 31.1 Å². The van der Waals surface area contributed by atoms with E-state index in [1.165, 1.54) is 83.8 Å². The van der Waals surface area contributed by atoms with Crippen LogP contribution in [0.3, 0.4) is 0 Å². The molecule has 1 unspecified atom stereocenters. The number of rotatable bonds is 7. The molecule has 1 aliphatic carbocycles. The van der Waals surface area contributed by atoms with Gasteiger partial charge in [0.2, 0.25) is 0 Å². The van der Waals surface area contributed by atoms with Crippen LogP contribution >= 0.6 is 0 Å². The van der Waals surface area contributed by atoms with E-state index in [-0.39, 0.29) is 0 Å². The molecule has 0 amide bonds. The van der Waals surface area contributed by atoms with Crippen molar-refractivity contribution in [1.82, 2.24) is 4.90 Å². The molecule has 2 fully saturated rings. The molecule has 21 heavy (non-hydrogen) atoms. The predicted octanol–water partition coefficient (Wildman–Crippen LogP) is 4.43. The van der Waals surface area contributed by atoms with Crippen LogP contribution < -0.4 is 5.73 Å². The molecule has 2 rings (SSSR count). The lowest BCUT2D eigenvalue weighted by molar-refractivity contribution is 0.0660. The Hall–Kier alpha value is -0.0800. The van der Waals surface area contributed by atoms with E-state index >= 15 is 0 Å². The SMILES string of the molecule is CC(C)C(CCN)CCCN1CCC2(CCCCC2)CC1. The second-order valence-electron chi connectivity index (χ2n) is 8.13. The van der Waals surface area contributed by atoms with Crippen LogP contribution in [0, 0.1) is 17.3 Å². The van der Waals surface area contributed by atoms with E-state index in [1.54, 1.807) is 0 Å². The standard InChI is InChI=1S/C19H38N2/c1-17(2)18(8-13-20)7-6-14-21-15-11-19(12-16-21)9-4-3-5-10-19/h17-18H,3-16,20H2,1-2H3. The first-order chi connectivity index (χ1) is 10.2. The average molecular weight is 295 g/mol. The Morgan fingerprint density at radius 3 is 2.19 bits per heavy atom. The molecule has 2 N–H and O–H groups in total. The van der Waals surface area contributed by atoms with Gasteiger partial charge in [0.05, 0.1) is 0 Å². The highest BCUT2D eigenvalue weighted by molar-refractivity contribution is 4.88. The maximum Gasteiger partial charge on any atom is -0.00134 e. The first-order valence-electron chi connectivity index (χ1n) is 9.58. The fourth-order valence-corrected chi connectivity index (χ4v) is 4.65. The molecule has 2 aliphatic rings. The Kier molecular flexibility index (Phi) is 7.01. The van der Waals surface area contributed by atoms with Gasteiger partial charge in [0.25, 0.3) is 0 Å². The molecule has 2 heteroatoms. The number of nitrogens with zero attached hydrogens (tertiary/aromatic N) is 1. The van der Waals surface area contributed by atoms with Gasteiger partial charge in [-0.05, 0) is 88.4 Å². The molecule has 1 aliphatic heterocycles. The van der Waals surface area contributed by atoms with Crippen molar-refractivity contribution in [3.05, 3.63) is 0 Å². The smallest absolute Gasteiger partial charge is 0.00134 e. The molecule has 0 bridgehead atoms. The summed E-state index contributed by atoms with van der Waals surface area (Å²) >= 11 is 0. The summed E-state index contributed by atoms with van der Waals surface area (Å²) in [5.74, 6) is 1.63. The van der Waals surface area contributed by atoms with E-state index < -0.39 is 0 Å². The van der Waals surface area contributed by atoms with Crippen molar-refractivity contribution in [3.8, 4) is 0 Å². The Morgan fingerprint density at radius 2 is 1.62 bits per heavy atom. The molecule has 1 saturated heterocycles. The number of piperidine rings is 1. The Labute approximate surface area is 132 Å². The van der Waals surface area contributed by atoms with E-state index in [1.807, 2.05) is 0 Å². The third-order valence-electron chi connectivity index (χ3n) is 6.36. The van der Waals surface area contributed by atoms with Crippen molar-refractivity contribution in [2.24, 2.45) is 23.0 Å². The van der Waals surface area contributed by atoms with Gasteiger partial charge < -0.3 is 10.6 Å². The van der Waals surface area contributed by atoms with Crippen molar-refractivity contribution in [2.75, 3.05) is 26.2 Å². The zero-order valence-corrected chi connectivity index (χ0v) is 14.6. The number of hydrogen-bond acceptors (Lipinski definition) is 2. The fourth-order valence-electron chi connectivity index (χ4n) is 4.65. The third-order valence-corrected chi connectivity index (χ3v) is 6.36. The predicted molar refractivity (Wildman–Crippen MR) is 92.4 cm³/mol. The average Bonchev–Trinajstić information content (AvgIpc) is 2.49. The summed E-state index contributed by atoms with van der Waals surface area (Å²) in [5, 5.41) is 0. The van der Waals surface area contributed by atoms with Gasteiger partial charge in [0.15, 0.2) is 0 Å². The minimum absolute atomic E-state index is 0.759. The van der Waals surface area contributed by atoms with Gasteiger partial charge in [0, 0.05) is 0 Å². The number of nitrogens with two attached hydrogens (primary N) is 1. The highest BCUT2D eigenvalue weighted by Gasteiger charge is 2.35. The highest BCUT2D eigenvalue weighted by Crippen LogP contribution is 2.44. The minimum atomic E-state index is 0.759. The molecule has 0 aromatic rings. The summed E-state index contributed by atoms with van der Waals surface area (Å²) in [6.07, 6.45) is 14.4. The van der Waals surface area contributed by atoms with Crippen LogP contribution in [0.25, 0.3) is 0 Å². The van der Waals surface area contributed by atoms with Gasteiger partial charge in [-0.15, -0.1) is 0 Å². The van der Waals surface area contributed by atoms with Crippen LogP contribution in [0.2, 0.25) is 0 Å².